The molecule has 19 heavy (non-hydrogen) atoms. The molecule has 6 nitrogen and oxygen atoms in total. The minimum absolute atomic E-state index is 0.0173. The van der Waals surface area contributed by atoms with E-state index in [0.29, 0.717) is 24.5 Å². The van der Waals surface area contributed by atoms with Crippen LogP contribution in [0.5, 0.6) is 0 Å². The largest absolute Gasteiger partial charge is 0.476 e. The predicted octanol–water partition coefficient (Wildman–Crippen LogP) is 2.08. The van der Waals surface area contributed by atoms with Gasteiger partial charge in [-0.05, 0) is 19.8 Å². The second-order valence-electron chi connectivity index (χ2n) is 5.21. The molecule has 104 valence electrons. The van der Waals surface area contributed by atoms with E-state index in [-0.39, 0.29) is 11.6 Å². The van der Waals surface area contributed by atoms with Crippen LogP contribution in [0.25, 0.3) is 0 Å². The number of rotatable bonds is 2. The average Bonchev–Trinajstić information content (AvgIpc) is 2.98. The first-order valence-corrected chi connectivity index (χ1v) is 6.59. The van der Waals surface area contributed by atoms with Gasteiger partial charge in [-0.15, -0.1) is 0 Å². The molecule has 1 aliphatic carbocycles. The maximum absolute atomic E-state index is 11.0. The molecule has 6 heteroatoms. The molecule has 1 spiro atoms. The van der Waals surface area contributed by atoms with Crippen molar-refractivity contribution in [2.45, 2.75) is 44.3 Å². The van der Waals surface area contributed by atoms with Crippen LogP contribution in [-0.2, 0) is 9.47 Å². The quantitative estimate of drug-likeness (QED) is 0.883. The number of hydrogen-bond acceptors (Lipinski definition) is 5. The van der Waals surface area contributed by atoms with Crippen molar-refractivity contribution in [1.29, 1.82) is 0 Å². The van der Waals surface area contributed by atoms with E-state index in [9.17, 15) is 4.79 Å². The SMILES string of the molecule is Cc1c(C(=O)O)noc1C1CCC2(CC1)OCCO2. The number of carbonyl (C=O) groups is 1. The summed E-state index contributed by atoms with van der Waals surface area (Å²) in [5, 5.41) is 12.6. The van der Waals surface area contributed by atoms with Crippen LogP contribution in [0.3, 0.4) is 0 Å². The highest BCUT2D eigenvalue weighted by molar-refractivity contribution is 5.87. The lowest BCUT2D eigenvalue weighted by Gasteiger charge is -2.34. The van der Waals surface area contributed by atoms with Crippen molar-refractivity contribution < 1.29 is 23.9 Å². The summed E-state index contributed by atoms with van der Waals surface area (Å²) in [6.45, 7) is 3.08. The Balaban J connectivity index is 1.73. The maximum atomic E-state index is 11.0. The van der Waals surface area contributed by atoms with Gasteiger partial charge in [0.05, 0.1) is 13.2 Å². The highest BCUT2D eigenvalue weighted by Gasteiger charge is 2.42. The smallest absolute Gasteiger partial charge is 0.358 e. The van der Waals surface area contributed by atoms with E-state index in [1.807, 2.05) is 0 Å². The molecule has 2 fully saturated rings. The molecule has 0 atom stereocenters. The van der Waals surface area contributed by atoms with E-state index < -0.39 is 11.8 Å². The molecular weight excluding hydrogens is 250 g/mol. The summed E-state index contributed by atoms with van der Waals surface area (Å²) >= 11 is 0. The molecule has 1 saturated heterocycles. The van der Waals surface area contributed by atoms with E-state index in [1.165, 1.54) is 0 Å². The van der Waals surface area contributed by atoms with Crippen LogP contribution < -0.4 is 0 Å². The van der Waals surface area contributed by atoms with E-state index in [4.69, 9.17) is 19.1 Å². The third-order valence-corrected chi connectivity index (χ3v) is 4.09. The summed E-state index contributed by atoms with van der Waals surface area (Å²) in [6, 6.07) is 0. The van der Waals surface area contributed by atoms with Crippen molar-refractivity contribution in [2.24, 2.45) is 0 Å². The molecule has 2 heterocycles. The molecule has 1 aromatic rings. The monoisotopic (exact) mass is 267 g/mol. The zero-order valence-electron chi connectivity index (χ0n) is 10.8. The van der Waals surface area contributed by atoms with E-state index in [1.54, 1.807) is 6.92 Å². The number of nitrogens with zero attached hydrogens (tertiary/aromatic N) is 1. The molecule has 0 aromatic carbocycles. The highest BCUT2D eigenvalue weighted by atomic mass is 16.7. The summed E-state index contributed by atoms with van der Waals surface area (Å²) in [5.41, 5.74) is 0.658. The van der Waals surface area contributed by atoms with Crippen molar-refractivity contribution in [1.82, 2.24) is 5.16 Å². The van der Waals surface area contributed by atoms with Gasteiger partial charge in [-0.1, -0.05) is 5.16 Å². The van der Waals surface area contributed by atoms with Gasteiger partial charge in [-0.3, -0.25) is 0 Å². The van der Waals surface area contributed by atoms with Crippen LogP contribution in [0, 0.1) is 6.92 Å². The first kappa shape index (κ1) is 12.6. The molecule has 1 aromatic heterocycles. The van der Waals surface area contributed by atoms with Gasteiger partial charge < -0.3 is 19.1 Å². The summed E-state index contributed by atoms with van der Waals surface area (Å²) < 4.78 is 16.6. The topological polar surface area (TPSA) is 81.8 Å². The molecule has 1 N–H and O–H groups in total. The Kier molecular flexibility index (Phi) is 3.06. The molecule has 0 bridgehead atoms. The van der Waals surface area contributed by atoms with E-state index in [0.717, 1.165) is 25.7 Å². The number of aromatic carboxylic acids is 1. The number of carboxylic acid groups (broad SMARTS) is 1. The molecule has 0 radical (unpaired) electrons. The molecule has 1 saturated carbocycles. The van der Waals surface area contributed by atoms with Gasteiger partial charge in [-0.2, -0.15) is 0 Å². The lowest BCUT2D eigenvalue weighted by Crippen LogP contribution is -2.34. The van der Waals surface area contributed by atoms with E-state index >= 15 is 0 Å². The van der Waals surface area contributed by atoms with Crippen LogP contribution in [0.15, 0.2) is 4.52 Å². The Hall–Kier alpha value is -1.40. The third kappa shape index (κ3) is 2.15. The van der Waals surface area contributed by atoms with Gasteiger partial charge in [0, 0.05) is 24.3 Å². The normalized spacial score (nSPS) is 23.0. The lowest BCUT2D eigenvalue weighted by molar-refractivity contribution is -0.179. The zero-order valence-corrected chi connectivity index (χ0v) is 10.8. The van der Waals surface area contributed by atoms with Gasteiger partial charge in [0.15, 0.2) is 11.5 Å². The fourth-order valence-corrected chi connectivity index (χ4v) is 3.03. The Morgan fingerprint density at radius 1 is 1.32 bits per heavy atom. The fraction of sp³-hybridized carbons (Fsp3) is 0.692. The Bertz CT molecular complexity index is 479. The maximum Gasteiger partial charge on any atom is 0.358 e. The Morgan fingerprint density at radius 3 is 2.47 bits per heavy atom. The first-order valence-electron chi connectivity index (χ1n) is 6.59. The standard InChI is InChI=1S/C13H17NO5/c1-8-10(12(15)16)14-19-11(8)9-2-4-13(5-3-9)17-6-7-18-13/h9H,2-7H2,1H3,(H,15,16). The third-order valence-electron chi connectivity index (χ3n) is 4.09. The van der Waals surface area contributed by atoms with Crippen molar-refractivity contribution in [3.8, 4) is 0 Å². The minimum atomic E-state index is -1.04. The van der Waals surface area contributed by atoms with Gasteiger partial charge in [0.1, 0.15) is 5.76 Å². The van der Waals surface area contributed by atoms with Crippen LogP contribution >= 0.6 is 0 Å². The van der Waals surface area contributed by atoms with E-state index in [2.05, 4.69) is 5.16 Å². The Morgan fingerprint density at radius 2 is 1.95 bits per heavy atom. The second kappa shape index (κ2) is 4.61. The lowest BCUT2D eigenvalue weighted by atomic mass is 9.82. The molecule has 0 unspecified atom stereocenters. The van der Waals surface area contributed by atoms with Crippen LogP contribution in [0.1, 0.15) is 53.4 Å². The minimum Gasteiger partial charge on any atom is -0.476 e. The molecule has 2 aliphatic rings. The summed E-state index contributed by atoms with van der Waals surface area (Å²) in [6.07, 6.45) is 3.38. The van der Waals surface area contributed by atoms with Gasteiger partial charge in [0.2, 0.25) is 0 Å². The summed E-state index contributed by atoms with van der Waals surface area (Å²) in [7, 11) is 0. The van der Waals surface area contributed by atoms with Crippen molar-refractivity contribution >= 4 is 5.97 Å². The van der Waals surface area contributed by atoms with Crippen LogP contribution in [-0.4, -0.2) is 35.2 Å². The molecule has 0 amide bonds. The number of aromatic nitrogens is 1. The van der Waals surface area contributed by atoms with Crippen LogP contribution in [0.2, 0.25) is 0 Å². The first-order chi connectivity index (χ1) is 9.11. The fourth-order valence-electron chi connectivity index (χ4n) is 3.03. The zero-order chi connectivity index (χ0) is 13.5. The Labute approximate surface area is 110 Å². The number of hydrogen-bond donors (Lipinski definition) is 1. The highest BCUT2D eigenvalue weighted by Crippen LogP contribution is 2.43. The molecular formula is C13H17NO5. The summed E-state index contributed by atoms with van der Waals surface area (Å²) in [4.78, 5) is 11.0. The molecule has 3 rings (SSSR count). The van der Waals surface area contributed by atoms with Crippen molar-refractivity contribution in [2.75, 3.05) is 13.2 Å². The average molecular weight is 267 g/mol. The summed E-state index contributed by atoms with van der Waals surface area (Å²) in [5.74, 6) is -0.536. The second-order valence-corrected chi connectivity index (χ2v) is 5.21. The number of ether oxygens (including phenoxy) is 2. The van der Waals surface area contributed by atoms with Crippen molar-refractivity contribution in [3.05, 3.63) is 17.0 Å². The molecule has 1 aliphatic heterocycles. The number of carboxylic acids is 1. The van der Waals surface area contributed by atoms with Gasteiger partial charge in [-0.25, -0.2) is 4.79 Å². The van der Waals surface area contributed by atoms with Crippen LogP contribution in [0.4, 0.5) is 0 Å². The van der Waals surface area contributed by atoms with Gasteiger partial charge >= 0.3 is 5.97 Å². The van der Waals surface area contributed by atoms with Crippen molar-refractivity contribution in [3.63, 3.8) is 0 Å². The predicted molar refractivity (Wildman–Crippen MR) is 64.0 cm³/mol. The van der Waals surface area contributed by atoms with Gasteiger partial charge in [0.25, 0.3) is 0 Å².